The Hall–Kier alpha value is -2.57. The van der Waals surface area contributed by atoms with Gasteiger partial charge in [-0.15, -0.1) is 0 Å². The fourth-order valence-corrected chi connectivity index (χ4v) is 5.77. The fourth-order valence-electron chi connectivity index (χ4n) is 4.72. The van der Waals surface area contributed by atoms with Crippen molar-refractivity contribution in [1.29, 1.82) is 0 Å². The Morgan fingerprint density at radius 3 is 2.76 bits per heavy atom. The van der Waals surface area contributed by atoms with Gasteiger partial charge in [-0.1, -0.05) is 29.5 Å². The monoisotopic (exact) mass is 404 g/mol. The Kier molecular flexibility index (Phi) is 4.03. The highest BCUT2D eigenvalue weighted by molar-refractivity contribution is 7.22. The van der Waals surface area contributed by atoms with Crippen LogP contribution < -0.4 is 9.80 Å². The first-order chi connectivity index (χ1) is 14.3. The molecule has 2 aliphatic rings. The number of thiazole rings is 1. The van der Waals surface area contributed by atoms with Gasteiger partial charge in [-0.05, 0) is 36.2 Å². The van der Waals surface area contributed by atoms with Crippen LogP contribution in [0.2, 0.25) is 0 Å². The second kappa shape index (κ2) is 6.75. The lowest BCUT2D eigenvalue weighted by Crippen LogP contribution is -2.36. The second-order valence-electron chi connectivity index (χ2n) is 7.92. The first kappa shape index (κ1) is 17.3. The van der Waals surface area contributed by atoms with Gasteiger partial charge in [0.05, 0.1) is 30.0 Å². The van der Waals surface area contributed by atoms with E-state index in [-0.39, 0.29) is 0 Å². The molecule has 6 rings (SSSR count). The molecule has 0 bridgehead atoms. The van der Waals surface area contributed by atoms with Gasteiger partial charge >= 0.3 is 0 Å². The smallest absolute Gasteiger partial charge is 0.186 e. The molecule has 1 fully saturated rings. The molecule has 0 unspecified atom stereocenters. The van der Waals surface area contributed by atoms with E-state index in [1.165, 1.54) is 32.5 Å². The number of hydrogen-bond acceptors (Lipinski definition) is 5. The van der Waals surface area contributed by atoms with Gasteiger partial charge in [-0.2, -0.15) is 0 Å². The van der Waals surface area contributed by atoms with Crippen LogP contribution in [0.3, 0.4) is 0 Å². The fraction of sp³-hybridized carbons (Fsp3) is 0.348. The predicted molar refractivity (Wildman–Crippen MR) is 120 cm³/mol. The summed E-state index contributed by atoms with van der Waals surface area (Å²) in [5.41, 5.74) is 6.70. The van der Waals surface area contributed by atoms with E-state index in [0.29, 0.717) is 0 Å². The van der Waals surface area contributed by atoms with Gasteiger partial charge in [0, 0.05) is 49.0 Å². The molecule has 2 aromatic carbocycles. The van der Waals surface area contributed by atoms with Gasteiger partial charge in [0.1, 0.15) is 0 Å². The molecule has 148 valence electrons. The number of aromatic nitrogens is 2. The zero-order valence-corrected chi connectivity index (χ0v) is 17.4. The predicted octanol–water partition coefficient (Wildman–Crippen LogP) is 4.19. The van der Waals surface area contributed by atoms with E-state index in [9.17, 15) is 0 Å². The molecular weight excluding hydrogens is 380 g/mol. The van der Waals surface area contributed by atoms with Crippen molar-refractivity contribution in [1.82, 2.24) is 9.55 Å². The number of nitrogens with zero attached hydrogens (tertiary/aromatic N) is 4. The molecule has 0 N–H and O–H groups in total. The number of benzene rings is 2. The molecule has 2 aliphatic heterocycles. The van der Waals surface area contributed by atoms with E-state index in [0.717, 1.165) is 56.5 Å². The van der Waals surface area contributed by atoms with Crippen LogP contribution in [0.15, 0.2) is 42.5 Å². The lowest BCUT2D eigenvalue weighted by molar-refractivity contribution is 0.122. The molecule has 6 heteroatoms. The average Bonchev–Trinajstić information content (AvgIpc) is 3.33. The molecule has 0 amide bonds. The highest BCUT2D eigenvalue weighted by Crippen LogP contribution is 2.35. The second-order valence-corrected chi connectivity index (χ2v) is 8.93. The third kappa shape index (κ3) is 2.81. The minimum Gasteiger partial charge on any atom is -0.378 e. The van der Waals surface area contributed by atoms with Crippen LogP contribution in [0.1, 0.15) is 11.3 Å². The number of para-hydroxylation sites is 1. The van der Waals surface area contributed by atoms with Crippen molar-refractivity contribution in [3.05, 3.63) is 53.7 Å². The molecule has 4 aromatic rings. The van der Waals surface area contributed by atoms with Crippen molar-refractivity contribution in [2.75, 3.05) is 42.6 Å². The largest absolute Gasteiger partial charge is 0.378 e. The summed E-state index contributed by atoms with van der Waals surface area (Å²) in [6, 6.07) is 15.5. The normalized spacial score (nSPS) is 17.3. The Labute approximate surface area is 174 Å². The van der Waals surface area contributed by atoms with Crippen molar-refractivity contribution >= 4 is 43.3 Å². The zero-order chi connectivity index (χ0) is 19.4. The minimum atomic E-state index is 0.794. The van der Waals surface area contributed by atoms with E-state index >= 15 is 0 Å². The van der Waals surface area contributed by atoms with Crippen LogP contribution in [0.4, 0.5) is 10.8 Å². The maximum Gasteiger partial charge on any atom is 0.186 e. The Balaban J connectivity index is 1.33. The number of rotatable bonds is 2. The third-order valence-electron chi connectivity index (χ3n) is 6.32. The van der Waals surface area contributed by atoms with Crippen molar-refractivity contribution in [2.24, 2.45) is 7.05 Å². The molecule has 5 nitrogen and oxygen atoms in total. The van der Waals surface area contributed by atoms with E-state index in [1.807, 2.05) is 0 Å². The SMILES string of the molecule is Cn1c2c(c3ccccc31)CCN(c1ccc3nc(N4CCOCC4)sc3c1)C2. The molecular formula is C23H24N4OS. The summed E-state index contributed by atoms with van der Waals surface area (Å²) in [5, 5.41) is 2.53. The lowest BCUT2D eigenvalue weighted by atomic mass is 10.0. The van der Waals surface area contributed by atoms with Crippen LogP contribution >= 0.6 is 11.3 Å². The lowest BCUT2D eigenvalue weighted by Gasteiger charge is -2.30. The van der Waals surface area contributed by atoms with E-state index < -0.39 is 0 Å². The van der Waals surface area contributed by atoms with E-state index in [1.54, 1.807) is 11.3 Å². The topological polar surface area (TPSA) is 33.5 Å². The number of ether oxygens (including phenoxy) is 1. The quantitative estimate of drug-likeness (QED) is 0.502. The number of hydrogen-bond donors (Lipinski definition) is 0. The molecule has 0 spiro atoms. The summed E-state index contributed by atoms with van der Waals surface area (Å²) in [6.45, 7) is 5.47. The number of aryl methyl sites for hydroxylation is 1. The van der Waals surface area contributed by atoms with Crippen LogP contribution in [-0.2, 0) is 24.8 Å². The van der Waals surface area contributed by atoms with Crippen molar-refractivity contribution in [3.8, 4) is 0 Å². The van der Waals surface area contributed by atoms with Gasteiger partial charge in [-0.3, -0.25) is 0 Å². The van der Waals surface area contributed by atoms with Crippen LogP contribution in [0.5, 0.6) is 0 Å². The van der Waals surface area contributed by atoms with Crippen LogP contribution in [-0.4, -0.2) is 42.4 Å². The van der Waals surface area contributed by atoms with Crippen LogP contribution in [0, 0.1) is 0 Å². The minimum absolute atomic E-state index is 0.794. The maximum atomic E-state index is 5.48. The van der Waals surface area contributed by atoms with E-state index in [4.69, 9.17) is 9.72 Å². The molecule has 0 saturated carbocycles. The summed E-state index contributed by atoms with van der Waals surface area (Å²) in [7, 11) is 2.20. The zero-order valence-electron chi connectivity index (χ0n) is 16.6. The summed E-state index contributed by atoms with van der Waals surface area (Å²) in [4.78, 5) is 9.72. The molecule has 1 saturated heterocycles. The Morgan fingerprint density at radius 2 is 1.86 bits per heavy atom. The molecule has 0 radical (unpaired) electrons. The summed E-state index contributed by atoms with van der Waals surface area (Å²) >= 11 is 1.80. The first-order valence-electron chi connectivity index (χ1n) is 10.3. The summed E-state index contributed by atoms with van der Waals surface area (Å²) in [5.74, 6) is 0. The highest BCUT2D eigenvalue weighted by Gasteiger charge is 2.23. The van der Waals surface area contributed by atoms with Crippen molar-refractivity contribution < 1.29 is 4.74 Å². The summed E-state index contributed by atoms with van der Waals surface area (Å²) < 4.78 is 9.12. The van der Waals surface area contributed by atoms with E-state index in [2.05, 4.69) is 63.9 Å². The summed E-state index contributed by atoms with van der Waals surface area (Å²) in [6.07, 6.45) is 1.09. The van der Waals surface area contributed by atoms with Gasteiger partial charge < -0.3 is 19.1 Å². The van der Waals surface area contributed by atoms with Gasteiger partial charge in [-0.25, -0.2) is 4.98 Å². The Bertz CT molecular complexity index is 1200. The van der Waals surface area contributed by atoms with Crippen LogP contribution in [0.25, 0.3) is 21.1 Å². The highest BCUT2D eigenvalue weighted by atomic mass is 32.1. The number of morpholine rings is 1. The number of anilines is 2. The average molecular weight is 405 g/mol. The van der Waals surface area contributed by atoms with Crippen molar-refractivity contribution in [3.63, 3.8) is 0 Å². The molecule has 29 heavy (non-hydrogen) atoms. The molecule has 4 heterocycles. The molecule has 0 atom stereocenters. The third-order valence-corrected chi connectivity index (χ3v) is 7.40. The van der Waals surface area contributed by atoms with Crippen molar-refractivity contribution in [2.45, 2.75) is 13.0 Å². The molecule has 2 aromatic heterocycles. The van der Waals surface area contributed by atoms with Gasteiger partial charge in [0.25, 0.3) is 0 Å². The Morgan fingerprint density at radius 1 is 1.00 bits per heavy atom. The maximum absolute atomic E-state index is 5.48. The van der Waals surface area contributed by atoms with Gasteiger partial charge in [0.2, 0.25) is 0 Å². The standard InChI is InChI=1S/C23H24N4OS/c1-25-20-5-3-2-4-17(20)18-8-9-27(15-21(18)25)16-6-7-19-22(14-16)29-23(24-19)26-10-12-28-13-11-26/h2-7,14H,8-13,15H2,1H3. The first-order valence-corrected chi connectivity index (χ1v) is 11.1. The number of fused-ring (bicyclic) bond motifs is 4. The van der Waals surface area contributed by atoms with Gasteiger partial charge in [0.15, 0.2) is 5.13 Å². The molecule has 0 aliphatic carbocycles.